The molecule has 0 aromatic carbocycles. The van der Waals surface area contributed by atoms with Gasteiger partial charge in [-0.15, -0.1) is 0 Å². The number of hydrogen-bond acceptors (Lipinski definition) is 2. The van der Waals surface area contributed by atoms with E-state index in [1.807, 2.05) is 0 Å². The summed E-state index contributed by atoms with van der Waals surface area (Å²) in [6, 6.07) is 0.770. The molecule has 3 rings (SSSR count). The summed E-state index contributed by atoms with van der Waals surface area (Å²) in [6.07, 6.45) is 11.8. The van der Waals surface area contributed by atoms with Crippen LogP contribution in [0.15, 0.2) is 0 Å². The molecule has 0 radical (unpaired) electrons. The van der Waals surface area contributed by atoms with Crippen LogP contribution in [0.25, 0.3) is 0 Å². The van der Waals surface area contributed by atoms with Gasteiger partial charge in [-0.25, -0.2) is 0 Å². The van der Waals surface area contributed by atoms with Crippen LogP contribution in [0.3, 0.4) is 0 Å². The summed E-state index contributed by atoms with van der Waals surface area (Å²) in [5, 5.41) is 3.72. The molecule has 0 aromatic rings. The summed E-state index contributed by atoms with van der Waals surface area (Å²) >= 11 is 0. The Bertz CT molecular complexity index is 260. The third kappa shape index (κ3) is 2.91. The van der Waals surface area contributed by atoms with Crippen molar-refractivity contribution in [1.82, 2.24) is 10.2 Å². The molecular formula is C16H30N2. The lowest BCUT2D eigenvalue weighted by Gasteiger charge is -2.41. The Kier molecular flexibility index (Phi) is 3.95. The summed E-state index contributed by atoms with van der Waals surface area (Å²) in [6.45, 7) is 7.70. The lowest BCUT2D eigenvalue weighted by molar-refractivity contribution is 0.0942. The Hall–Kier alpha value is -0.0800. The Morgan fingerprint density at radius 1 is 1.11 bits per heavy atom. The zero-order valence-corrected chi connectivity index (χ0v) is 12.1. The van der Waals surface area contributed by atoms with Crippen molar-refractivity contribution in [2.75, 3.05) is 26.2 Å². The van der Waals surface area contributed by atoms with Gasteiger partial charge >= 0.3 is 0 Å². The SMILES string of the molecule is CC1CCNC(CN2CCC3(CCCC3)CC2)C1. The molecule has 2 saturated heterocycles. The van der Waals surface area contributed by atoms with Crippen molar-refractivity contribution in [3.63, 3.8) is 0 Å². The van der Waals surface area contributed by atoms with Crippen molar-refractivity contribution in [3.8, 4) is 0 Å². The number of hydrogen-bond donors (Lipinski definition) is 1. The molecule has 2 aliphatic heterocycles. The first-order valence-electron chi connectivity index (χ1n) is 8.22. The molecule has 2 atom stereocenters. The molecule has 2 heteroatoms. The minimum Gasteiger partial charge on any atom is -0.313 e. The van der Waals surface area contributed by atoms with Crippen LogP contribution >= 0.6 is 0 Å². The monoisotopic (exact) mass is 250 g/mol. The zero-order valence-electron chi connectivity index (χ0n) is 12.1. The quantitative estimate of drug-likeness (QED) is 0.810. The molecule has 2 nitrogen and oxygen atoms in total. The van der Waals surface area contributed by atoms with E-state index in [0.717, 1.165) is 17.4 Å². The van der Waals surface area contributed by atoms with Crippen LogP contribution in [-0.4, -0.2) is 37.1 Å². The van der Waals surface area contributed by atoms with Crippen LogP contribution in [-0.2, 0) is 0 Å². The van der Waals surface area contributed by atoms with Crippen LogP contribution in [0.5, 0.6) is 0 Å². The fourth-order valence-corrected chi connectivity index (χ4v) is 4.51. The van der Waals surface area contributed by atoms with Crippen LogP contribution in [0, 0.1) is 11.3 Å². The Morgan fingerprint density at radius 2 is 1.83 bits per heavy atom. The second kappa shape index (κ2) is 5.50. The Labute approximate surface area is 113 Å². The normalized spacial score (nSPS) is 37.2. The topological polar surface area (TPSA) is 15.3 Å². The lowest BCUT2D eigenvalue weighted by Crippen LogP contribution is -2.48. The van der Waals surface area contributed by atoms with Crippen molar-refractivity contribution in [2.24, 2.45) is 11.3 Å². The number of rotatable bonds is 2. The van der Waals surface area contributed by atoms with E-state index < -0.39 is 0 Å². The highest BCUT2D eigenvalue weighted by atomic mass is 15.2. The van der Waals surface area contributed by atoms with Gasteiger partial charge in [-0.2, -0.15) is 0 Å². The van der Waals surface area contributed by atoms with Crippen molar-refractivity contribution in [1.29, 1.82) is 0 Å². The molecular weight excluding hydrogens is 220 g/mol. The van der Waals surface area contributed by atoms with Crippen molar-refractivity contribution >= 4 is 0 Å². The third-order valence-corrected chi connectivity index (χ3v) is 5.82. The number of likely N-dealkylation sites (tertiary alicyclic amines) is 1. The molecule has 2 unspecified atom stereocenters. The van der Waals surface area contributed by atoms with Crippen LogP contribution in [0.1, 0.15) is 58.3 Å². The molecule has 18 heavy (non-hydrogen) atoms. The minimum atomic E-state index is 0.770. The second-order valence-corrected chi connectivity index (χ2v) is 7.29. The van der Waals surface area contributed by atoms with Gasteiger partial charge in [0.2, 0.25) is 0 Å². The number of nitrogens with one attached hydrogen (secondary N) is 1. The molecule has 2 heterocycles. The third-order valence-electron chi connectivity index (χ3n) is 5.82. The molecule has 0 amide bonds. The summed E-state index contributed by atoms with van der Waals surface area (Å²) in [5.74, 6) is 0.933. The second-order valence-electron chi connectivity index (χ2n) is 7.29. The average molecular weight is 250 g/mol. The highest BCUT2D eigenvalue weighted by Gasteiger charge is 2.37. The van der Waals surface area contributed by atoms with Crippen molar-refractivity contribution < 1.29 is 0 Å². The Balaban J connectivity index is 1.45. The summed E-state index contributed by atoms with van der Waals surface area (Å²) < 4.78 is 0. The van der Waals surface area contributed by atoms with Crippen molar-refractivity contribution in [3.05, 3.63) is 0 Å². The van der Waals surface area contributed by atoms with Gasteiger partial charge < -0.3 is 10.2 Å². The van der Waals surface area contributed by atoms with Gasteiger partial charge in [0.25, 0.3) is 0 Å². The maximum atomic E-state index is 3.72. The maximum absolute atomic E-state index is 3.72. The van der Waals surface area contributed by atoms with Gasteiger partial charge in [-0.05, 0) is 69.5 Å². The van der Waals surface area contributed by atoms with Gasteiger partial charge in [0.15, 0.2) is 0 Å². The first-order valence-corrected chi connectivity index (χ1v) is 8.22. The van der Waals surface area contributed by atoms with E-state index in [4.69, 9.17) is 0 Å². The summed E-state index contributed by atoms with van der Waals surface area (Å²) in [5.41, 5.74) is 0.782. The van der Waals surface area contributed by atoms with E-state index in [1.54, 1.807) is 0 Å². The fourth-order valence-electron chi connectivity index (χ4n) is 4.51. The van der Waals surface area contributed by atoms with Crippen LogP contribution < -0.4 is 5.32 Å². The number of nitrogens with zero attached hydrogens (tertiary/aromatic N) is 1. The van der Waals surface area contributed by atoms with Crippen LogP contribution in [0.2, 0.25) is 0 Å². The first kappa shape index (κ1) is 12.9. The highest BCUT2D eigenvalue weighted by Crippen LogP contribution is 2.46. The first-order chi connectivity index (χ1) is 8.76. The molecule has 104 valence electrons. The van der Waals surface area contributed by atoms with Gasteiger partial charge in [-0.1, -0.05) is 19.8 Å². The van der Waals surface area contributed by atoms with E-state index in [-0.39, 0.29) is 0 Å². The summed E-state index contributed by atoms with van der Waals surface area (Å²) in [4.78, 5) is 2.74. The van der Waals surface area contributed by atoms with E-state index in [2.05, 4.69) is 17.1 Å². The summed E-state index contributed by atoms with van der Waals surface area (Å²) in [7, 11) is 0. The van der Waals surface area contributed by atoms with Gasteiger partial charge in [-0.3, -0.25) is 0 Å². The molecule has 1 spiro atoms. The predicted octanol–water partition coefficient (Wildman–Crippen LogP) is 3.03. The Morgan fingerprint density at radius 3 is 2.50 bits per heavy atom. The van der Waals surface area contributed by atoms with Crippen LogP contribution in [0.4, 0.5) is 0 Å². The molecule has 3 aliphatic rings. The zero-order chi connectivity index (χ0) is 12.4. The number of piperidine rings is 2. The fraction of sp³-hybridized carbons (Fsp3) is 1.00. The van der Waals surface area contributed by atoms with E-state index in [9.17, 15) is 0 Å². The maximum Gasteiger partial charge on any atom is 0.0197 e. The average Bonchev–Trinajstić information content (AvgIpc) is 2.81. The van der Waals surface area contributed by atoms with E-state index >= 15 is 0 Å². The molecule has 1 aliphatic carbocycles. The van der Waals surface area contributed by atoms with E-state index in [0.29, 0.717) is 0 Å². The molecule has 1 N–H and O–H groups in total. The highest BCUT2D eigenvalue weighted by molar-refractivity contribution is 4.91. The van der Waals surface area contributed by atoms with Crippen molar-refractivity contribution in [2.45, 2.75) is 64.3 Å². The lowest BCUT2D eigenvalue weighted by atomic mass is 9.77. The minimum absolute atomic E-state index is 0.770. The van der Waals surface area contributed by atoms with Gasteiger partial charge in [0.05, 0.1) is 0 Å². The standard InChI is InChI=1S/C16H30N2/c1-14-4-9-17-15(12-14)13-18-10-7-16(8-11-18)5-2-3-6-16/h14-15,17H,2-13H2,1H3. The largest absolute Gasteiger partial charge is 0.313 e. The van der Waals surface area contributed by atoms with Gasteiger partial charge in [0.1, 0.15) is 0 Å². The molecule has 0 aromatic heterocycles. The smallest absolute Gasteiger partial charge is 0.0197 e. The molecule has 3 fully saturated rings. The predicted molar refractivity (Wildman–Crippen MR) is 76.8 cm³/mol. The molecule has 0 bridgehead atoms. The van der Waals surface area contributed by atoms with Gasteiger partial charge in [0, 0.05) is 12.6 Å². The molecule has 1 saturated carbocycles. The van der Waals surface area contributed by atoms with E-state index in [1.165, 1.54) is 77.5 Å².